The fraction of sp³-hybridized carbons (Fsp3) is 0.190. The summed E-state index contributed by atoms with van der Waals surface area (Å²) in [6.45, 7) is 0. The van der Waals surface area contributed by atoms with Gasteiger partial charge in [-0.25, -0.2) is 14.4 Å². The zero-order valence-corrected chi connectivity index (χ0v) is 18.0. The standard InChI is InChI=1S/C21H12ClF6NO6/c1-33-17(30)11-3-2-8(6-14(11)29)12-7-10(22)4-9-5-13(16(20(23,24)25)34-15(9)12)18(31)35-19(32)21(26,27)28/h2-7,16H,29H2,1H3. The number of halogens is 7. The van der Waals surface area contributed by atoms with Crippen LogP contribution in [-0.4, -0.2) is 43.5 Å². The molecule has 1 aliphatic rings. The lowest BCUT2D eigenvalue weighted by Crippen LogP contribution is -2.42. The predicted octanol–water partition coefficient (Wildman–Crippen LogP) is 4.71. The lowest BCUT2D eigenvalue weighted by Gasteiger charge is -2.29. The minimum Gasteiger partial charge on any atom is -0.475 e. The van der Waals surface area contributed by atoms with Crippen molar-refractivity contribution in [2.24, 2.45) is 0 Å². The molecule has 3 rings (SSSR count). The van der Waals surface area contributed by atoms with Crippen molar-refractivity contribution in [3.05, 3.63) is 52.1 Å². The van der Waals surface area contributed by atoms with E-state index in [0.29, 0.717) is 6.08 Å². The van der Waals surface area contributed by atoms with E-state index in [0.717, 1.165) is 13.2 Å². The van der Waals surface area contributed by atoms with Gasteiger partial charge in [0.2, 0.25) is 6.10 Å². The Kier molecular flexibility index (Phi) is 6.75. The van der Waals surface area contributed by atoms with Crippen LogP contribution in [-0.2, 0) is 19.1 Å². The van der Waals surface area contributed by atoms with Crippen molar-refractivity contribution in [1.82, 2.24) is 0 Å². The average molecular weight is 524 g/mol. The second kappa shape index (κ2) is 9.13. The molecular weight excluding hydrogens is 512 g/mol. The molecule has 0 bridgehead atoms. The third kappa shape index (κ3) is 5.34. The molecule has 0 aliphatic carbocycles. The highest BCUT2D eigenvalue weighted by Gasteiger charge is 2.51. The summed E-state index contributed by atoms with van der Waals surface area (Å²) in [4.78, 5) is 34.8. The number of alkyl halides is 6. The van der Waals surface area contributed by atoms with Gasteiger partial charge in [0.25, 0.3) is 0 Å². The van der Waals surface area contributed by atoms with Crippen molar-refractivity contribution in [3.8, 4) is 16.9 Å². The van der Waals surface area contributed by atoms with Crippen molar-refractivity contribution in [3.63, 3.8) is 0 Å². The molecule has 1 heterocycles. The van der Waals surface area contributed by atoms with Crippen molar-refractivity contribution in [1.29, 1.82) is 0 Å². The Balaban J connectivity index is 2.14. The minimum absolute atomic E-state index is 0.0273. The summed E-state index contributed by atoms with van der Waals surface area (Å²) in [6.07, 6.45) is -13.4. The molecule has 1 atom stereocenters. The fourth-order valence-electron chi connectivity index (χ4n) is 3.13. The molecule has 14 heteroatoms. The molecule has 0 saturated carbocycles. The maximum absolute atomic E-state index is 13.7. The molecule has 1 unspecified atom stereocenters. The molecule has 1 aliphatic heterocycles. The van der Waals surface area contributed by atoms with Crippen molar-refractivity contribution in [2.45, 2.75) is 18.5 Å². The van der Waals surface area contributed by atoms with Gasteiger partial charge >= 0.3 is 30.3 Å². The Bertz CT molecular complexity index is 1250. The number of benzene rings is 2. The maximum atomic E-state index is 13.7. The molecule has 0 aromatic heterocycles. The number of nitrogen functional groups attached to an aromatic ring is 1. The summed E-state index contributed by atoms with van der Waals surface area (Å²) in [5, 5.41) is -0.0567. The lowest BCUT2D eigenvalue weighted by atomic mass is 9.95. The van der Waals surface area contributed by atoms with E-state index in [2.05, 4.69) is 9.47 Å². The first-order valence-electron chi connectivity index (χ1n) is 9.23. The number of anilines is 1. The Morgan fingerprint density at radius 2 is 1.69 bits per heavy atom. The highest BCUT2D eigenvalue weighted by molar-refractivity contribution is 6.31. The average Bonchev–Trinajstić information content (AvgIpc) is 2.75. The van der Waals surface area contributed by atoms with E-state index < -0.39 is 47.7 Å². The molecule has 2 N–H and O–H groups in total. The normalized spacial score (nSPS) is 15.4. The third-order valence-electron chi connectivity index (χ3n) is 4.63. The van der Waals surface area contributed by atoms with Gasteiger partial charge in [0.1, 0.15) is 5.75 Å². The number of fused-ring (bicyclic) bond motifs is 1. The number of esters is 3. The Hall–Kier alpha value is -3.74. The van der Waals surface area contributed by atoms with Crippen LogP contribution in [0, 0.1) is 0 Å². The molecule has 0 saturated heterocycles. The van der Waals surface area contributed by atoms with Gasteiger partial charge < -0.3 is 19.9 Å². The van der Waals surface area contributed by atoms with Gasteiger partial charge in [-0.2, -0.15) is 26.3 Å². The number of carbonyl (C=O) groups excluding carboxylic acids is 3. The zero-order chi connectivity index (χ0) is 26.3. The van der Waals surface area contributed by atoms with Gasteiger partial charge in [-0.3, -0.25) is 0 Å². The third-order valence-corrected chi connectivity index (χ3v) is 4.85. The number of ether oxygens (including phenoxy) is 3. The smallest absolute Gasteiger partial charge is 0.475 e. The summed E-state index contributed by atoms with van der Waals surface area (Å²) < 4.78 is 91.5. The van der Waals surface area contributed by atoms with Gasteiger partial charge in [0.15, 0.2) is 0 Å². The van der Waals surface area contributed by atoms with Crippen LogP contribution in [0.4, 0.5) is 32.0 Å². The van der Waals surface area contributed by atoms with Crippen LogP contribution in [0.1, 0.15) is 15.9 Å². The molecule has 186 valence electrons. The molecule has 2 aromatic carbocycles. The molecular formula is C21H12ClF6NO6. The number of hydrogen-bond acceptors (Lipinski definition) is 7. The summed E-state index contributed by atoms with van der Waals surface area (Å²) in [7, 11) is 1.12. The van der Waals surface area contributed by atoms with Crippen LogP contribution in [0.3, 0.4) is 0 Å². The summed E-state index contributed by atoms with van der Waals surface area (Å²) >= 11 is 6.04. The van der Waals surface area contributed by atoms with Crippen LogP contribution < -0.4 is 10.5 Å². The largest absolute Gasteiger partial charge is 0.491 e. The van der Waals surface area contributed by atoms with Crippen molar-refractivity contribution >= 4 is 41.3 Å². The highest BCUT2D eigenvalue weighted by atomic mass is 35.5. The molecule has 0 radical (unpaired) electrons. The molecule has 7 nitrogen and oxygen atoms in total. The van der Waals surface area contributed by atoms with Crippen molar-refractivity contribution in [2.75, 3.05) is 12.8 Å². The van der Waals surface area contributed by atoms with Gasteiger partial charge in [-0.1, -0.05) is 17.7 Å². The number of methoxy groups -OCH3 is 1. The first-order valence-corrected chi connectivity index (χ1v) is 9.61. The summed E-state index contributed by atoms with van der Waals surface area (Å²) in [5.74, 6) is -6.41. The van der Waals surface area contributed by atoms with E-state index in [-0.39, 0.29) is 33.0 Å². The molecule has 0 spiro atoms. The van der Waals surface area contributed by atoms with E-state index in [1.54, 1.807) is 0 Å². The van der Waals surface area contributed by atoms with E-state index >= 15 is 0 Å². The van der Waals surface area contributed by atoms with Gasteiger partial charge in [-0.05, 0) is 35.9 Å². The van der Waals surface area contributed by atoms with Crippen LogP contribution in [0.5, 0.6) is 5.75 Å². The maximum Gasteiger partial charge on any atom is 0.491 e. The van der Waals surface area contributed by atoms with Crippen LogP contribution in [0.2, 0.25) is 5.02 Å². The number of carbonyl (C=O) groups is 3. The Morgan fingerprint density at radius 1 is 1.03 bits per heavy atom. The summed E-state index contributed by atoms with van der Waals surface area (Å²) in [6, 6.07) is 6.09. The quantitative estimate of drug-likeness (QED) is 0.269. The van der Waals surface area contributed by atoms with Gasteiger partial charge in [0, 0.05) is 21.8 Å². The summed E-state index contributed by atoms with van der Waals surface area (Å²) in [5.41, 5.74) is 4.20. The van der Waals surface area contributed by atoms with Crippen molar-refractivity contribution < 1.29 is 54.9 Å². The first kappa shape index (κ1) is 25.9. The van der Waals surface area contributed by atoms with E-state index in [4.69, 9.17) is 22.1 Å². The van der Waals surface area contributed by atoms with Crippen LogP contribution in [0.25, 0.3) is 17.2 Å². The zero-order valence-electron chi connectivity index (χ0n) is 17.2. The SMILES string of the molecule is COC(=O)c1ccc(-c2cc(Cl)cc3c2OC(C(F)(F)F)C(C(=O)OC(=O)C(F)(F)F)=C3)cc1N. The topological polar surface area (TPSA) is 105 Å². The number of hydrogen-bond donors (Lipinski definition) is 1. The Labute approximate surface area is 197 Å². The fourth-order valence-corrected chi connectivity index (χ4v) is 3.36. The molecule has 35 heavy (non-hydrogen) atoms. The number of nitrogens with two attached hydrogens (primary N) is 1. The van der Waals surface area contributed by atoms with Gasteiger partial charge in [0.05, 0.1) is 18.2 Å². The second-order valence-electron chi connectivity index (χ2n) is 6.98. The van der Waals surface area contributed by atoms with Crippen LogP contribution >= 0.6 is 11.6 Å². The van der Waals surface area contributed by atoms with E-state index in [1.165, 1.54) is 24.3 Å². The highest BCUT2D eigenvalue weighted by Crippen LogP contribution is 2.45. The lowest BCUT2D eigenvalue weighted by molar-refractivity contribution is -0.204. The van der Waals surface area contributed by atoms with Crippen LogP contribution in [0.15, 0.2) is 35.9 Å². The monoisotopic (exact) mass is 523 g/mol. The molecule has 0 amide bonds. The first-order chi connectivity index (χ1) is 16.1. The molecule has 2 aromatic rings. The Morgan fingerprint density at radius 3 is 2.23 bits per heavy atom. The number of rotatable bonds is 3. The molecule has 0 fully saturated rings. The van der Waals surface area contributed by atoms with Gasteiger partial charge in [-0.15, -0.1) is 0 Å². The van der Waals surface area contributed by atoms with E-state index in [1.807, 2.05) is 0 Å². The van der Waals surface area contributed by atoms with E-state index in [9.17, 15) is 40.7 Å². The predicted molar refractivity (Wildman–Crippen MR) is 108 cm³/mol. The second-order valence-corrected chi connectivity index (χ2v) is 7.42. The minimum atomic E-state index is -5.62.